The Balaban J connectivity index is 2.39. The van der Waals surface area contributed by atoms with Crippen LogP contribution >= 0.6 is 11.6 Å². The van der Waals surface area contributed by atoms with Crippen LogP contribution in [-0.4, -0.2) is 15.5 Å². The number of nitrogens with one attached hydrogen (secondary N) is 1. The highest BCUT2D eigenvalue weighted by molar-refractivity contribution is 7.92. The fourth-order valence-corrected chi connectivity index (χ4v) is 3.46. The Labute approximate surface area is 128 Å². The lowest BCUT2D eigenvalue weighted by Gasteiger charge is -2.13. The number of benzene rings is 2. The molecule has 5 nitrogen and oxygen atoms in total. The van der Waals surface area contributed by atoms with E-state index in [-0.39, 0.29) is 9.92 Å². The fourth-order valence-electron chi connectivity index (χ4n) is 1.82. The summed E-state index contributed by atoms with van der Waals surface area (Å²) >= 11 is 6.03. The third kappa shape index (κ3) is 3.47. The van der Waals surface area contributed by atoms with Gasteiger partial charge in [0.25, 0.3) is 10.0 Å². The third-order valence-electron chi connectivity index (χ3n) is 2.87. The van der Waals surface area contributed by atoms with E-state index >= 15 is 0 Å². The number of rotatable bonds is 5. The Morgan fingerprint density at radius 1 is 1.24 bits per heavy atom. The summed E-state index contributed by atoms with van der Waals surface area (Å²) in [6.45, 7) is 0.292. The Kier molecular flexibility index (Phi) is 4.72. The minimum atomic E-state index is -3.80. The van der Waals surface area contributed by atoms with Crippen LogP contribution < -0.4 is 15.2 Å². The SMILES string of the molecule is COc1ccccc1NS(=O)(=O)c1ccc(CN)cc1Cl. The average molecular weight is 327 g/mol. The molecule has 0 radical (unpaired) electrons. The summed E-state index contributed by atoms with van der Waals surface area (Å²) < 4.78 is 32.4. The molecule has 21 heavy (non-hydrogen) atoms. The minimum absolute atomic E-state index is 0.00715. The quantitative estimate of drug-likeness (QED) is 0.885. The number of halogens is 1. The van der Waals surface area contributed by atoms with Crippen molar-refractivity contribution in [2.24, 2.45) is 5.73 Å². The van der Waals surface area contributed by atoms with E-state index in [0.29, 0.717) is 18.0 Å². The van der Waals surface area contributed by atoms with E-state index in [1.54, 1.807) is 36.4 Å². The monoisotopic (exact) mass is 326 g/mol. The van der Waals surface area contributed by atoms with Crippen LogP contribution in [0.15, 0.2) is 47.4 Å². The normalized spacial score (nSPS) is 11.2. The smallest absolute Gasteiger partial charge is 0.263 e. The molecule has 112 valence electrons. The van der Waals surface area contributed by atoms with Gasteiger partial charge in [-0.15, -0.1) is 0 Å². The van der Waals surface area contributed by atoms with Crippen molar-refractivity contribution in [1.82, 2.24) is 0 Å². The molecule has 0 aromatic heterocycles. The minimum Gasteiger partial charge on any atom is -0.495 e. The Morgan fingerprint density at radius 2 is 1.95 bits per heavy atom. The lowest BCUT2D eigenvalue weighted by Crippen LogP contribution is -2.14. The lowest BCUT2D eigenvalue weighted by atomic mass is 10.2. The maximum Gasteiger partial charge on any atom is 0.263 e. The molecule has 0 fully saturated rings. The summed E-state index contributed by atoms with van der Waals surface area (Å²) in [5.74, 6) is 0.427. The molecule has 0 aliphatic carbocycles. The van der Waals surface area contributed by atoms with E-state index in [0.717, 1.165) is 5.56 Å². The van der Waals surface area contributed by atoms with Crippen LogP contribution in [0.3, 0.4) is 0 Å². The second kappa shape index (κ2) is 6.34. The molecule has 0 saturated heterocycles. The first-order valence-electron chi connectivity index (χ1n) is 6.12. The van der Waals surface area contributed by atoms with Crippen molar-refractivity contribution < 1.29 is 13.2 Å². The number of hydrogen-bond acceptors (Lipinski definition) is 4. The maximum absolute atomic E-state index is 12.4. The van der Waals surface area contributed by atoms with Crippen molar-refractivity contribution >= 4 is 27.3 Å². The second-order valence-electron chi connectivity index (χ2n) is 4.27. The molecule has 2 aromatic rings. The molecule has 3 N–H and O–H groups in total. The predicted molar refractivity (Wildman–Crippen MR) is 83.1 cm³/mol. The van der Waals surface area contributed by atoms with Crippen molar-refractivity contribution in [2.75, 3.05) is 11.8 Å². The van der Waals surface area contributed by atoms with E-state index in [1.165, 1.54) is 13.2 Å². The number of hydrogen-bond donors (Lipinski definition) is 2. The Hall–Kier alpha value is -1.76. The van der Waals surface area contributed by atoms with Crippen molar-refractivity contribution in [2.45, 2.75) is 11.4 Å². The zero-order valence-corrected chi connectivity index (χ0v) is 12.9. The highest BCUT2D eigenvalue weighted by atomic mass is 35.5. The molecular formula is C14H15ClN2O3S. The predicted octanol–water partition coefficient (Wildman–Crippen LogP) is 2.61. The molecule has 0 heterocycles. The summed E-state index contributed by atoms with van der Waals surface area (Å²) in [5.41, 5.74) is 6.61. The van der Waals surface area contributed by atoms with Gasteiger partial charge < -0.3 is 10.5 Å². The van der Waals surface area contributed by atoms with E-state index in [4.69, 9.17) is 22.1 Å². The first-order chi connectivity index (χ1) is 9.97. The first-order valence-corrected chi connectivity index (χ1v) is 7.98. The van der Waals surface area contributed by atoms with Gasteiger partial charge in [-0.1, -0.05) is 29.8 Å². The van der Waals surface area contributed by atoms with E-state index in [9.17, 15) is 8.42 Å². The molecule has 0 aliphatic rings. The number of ether oxygens (including phenoxy) is 1. The summed E-state index contributed by atoms with van der Waals surface area (Å²) in [7, 11) is -2.34. The van der Waals surface area contributed by atoms with Crippen molar-refractivity contribution in [3.05, 3.63) is 53.1 Å². The Morgan fingerprint density at radius 3 is 2.57 bits per heavy atom. The molecule has 7 heteroatoms. The standard InChI is InChI=1S/C14H15ClN2O3S/c1-20-13-5-3-2-4-12(13)17-21(18,19)14-7-6-10(9-16)8-11(14)15/h2-8,17H,9,16H2,1H3. The number of nitrogens with two attached hydrogens (primary N) is 1. The molecule has 2 aromatic carbocycles. The molecule has 0 aliphatic heterocycles. The van der Waals surface area contributed by atoms with Crippen molar-refractivity contribution in [3.8, 4) is 5.75 Å². The van der Waals surface area contributed by atoms with E-state index < -0.39 is 10.0 Å². The summed E-state index contributed by atoms with van der Waals surface area (Å²) in [5, 5.41) is 0.125. The molecular weight excluding hydrogens is 312 g/mol. The molecule has 0 spiro atoms. The maximum atomic E-state index is 12.4. The van der Waals surface area contributed by atoms with Gasteiger partial charge in [0, 0.05) is 6.54 Å². The second-order valence-corrected chi connectivity index (χ2v) is 6.33. The van der Waals surface area contributed by atoms with Crippen molar-refractivity contribution in [1.29, 1.82) is 0 Å². The highest BCUT2D eigenvalue weighted by Crippen LogP contribution is 2.29. The van der Waals surface area contributed by atoms with Gasteiger partial charge in [-0.25, -0.2) is 8.42 Å². The van der Waals surface area contributed by atoms with Gasteiger partial charge >= 0.3 is 0 Å². The van der Waals surface area contributed by atoms with Gasteiger partial charge in [-0.2, -0.15) is 0 Å². The van der Waals surface area contributed by atoms with Crippen molar-refractivity contribution in [3.63, 3.8) is 0 Å². The zero-order chi connectivity index (χ0) is 15.5. The summed E-state index contributed by atoms with van der Waals surface area (Å²) in [4.78, 5) is -0.00715. The summed E-state index contributed by atoms with van der Waals surface area (Å²) in [6.07, 6.45) is 0. The van der Waals surface area contributed by atoms with Gasteiger partial charge in [0.1, 0.15) is 10.6 Å². The van der Waals surface area contributed by atoms with Gasteiger partial charge in [-0.05, 0) is 29.8 Å². The summed E-state index contributed by atoms with van der Waals surface area (Å²) in [6, 6.07) is 11.3. The van der Waals surface area contributed by atoms with Gasteiger partial charge in [0.2, 0.25) is 0 Å². The third-order valence-corrected chi connectivity index (χ3v) is 4.72. The number of sulfonamides is 1. The average Bonchev–Trinajstić information content (AvgIpc) is 2.47. The lowest BCUT2D eigenvalue weighted by molar-refractivity contribution is 0.417. The van der Waals surface area contributed by atoms with Crippen LogP contribution in [0, 0.1) is 0 Å². The first kappa shape index (κ1) is 15.6. The molecule has 0 unspecified atom stereocenters. The molecule has 0 saturated carbocycles. The molecule has 0 amide bonds. The number of anilines is 1. The van der Waals surface area contributed by atoms with Crippen LogP contribution in [0.25, 0.3) is 0 Å². The van der Waals surface area contributed by atoms with Crippen LogP contribution in [0.1, 0.15) is 5.56 Å². The van der Waals surface area contributed by atoms with Crippen LogP contribution in [0.2, 0.25) is 5.02 Å². The molecule has 0 atom stereocenters. The highest BCUT2D eigenvalue weighted by Gasteiger charge is 2.19. The zero-order valence-electron chi connectivity index (χ0n) is 11.3. The largest absolute Gasteiger partial charge is 0.495 e. The topological polar surface area (TPSA) is 81.4 Å². The van der Waals surface area contributed by atoms with E-state index in [2.05, 4.69) is 4.72 Å². The number of methoxy groups -OCH3 is 1. The Bertz CT molecular complexity index is 748. The fraction of sp³-hybridized carbons (Fsp3) is 0.143. The van der Waals surface area contributed by atoms with Crippen LogP contribution in [-0.2, 0) is 16.6 Å². The van der Waals surface area contributed by atoms with Gasteiger partial charge in [0.15, 0.2) is 0 Å². The number of para-hydroxylation sites is 2. The molecule has 0 bridgehead atoms. The van der Waals surface area contributed by atoms with Gasteiger partial charge in [0.05, 0.1) is 17.8 Å². The molecule has 2 rings (SSSR count). The van der Waals surface area contributed by atoms with E-state index in [1.807, 2.05) is 0 Å². The van der Waals surface area contributed by atoms with Gasteiger partial charge in [-0.3, -0.25) is 4.72 Å². The van der Waals surface area contributed by atoms with Crippen LogP contribution in [0.5, 0.6) is 5.75 Å². The van der Waals surface area contributed by atoms with Crippen LogP contribution in [0.4, 0.5) is 5.69 Å².